The van der Waals surface area contributed by atoms with Crippen LogP contribution in [0.3, 0.4) is 0 Å². The van der Waals surface area contributed by atoms with Gasteiger partial charge in [0.1, 0.15) is 6.10 Å². The molecule has 4 heteroatoms. The van der Waals surface area contributed by atoms with Gasteiger partial charge in [-0.1, -0.05) is 81.4 Å². The van der Waals surface area contributed by atoms with Gasteiger partial charge < -0.3 is 9.53 Å². The van der Waals surface area contributed by atoms with Crippen molar-refractivity contribution < 1.29 is 9.53 Å². The Hall–Kier alpha value is -1.49. The quantitative estimate of drug-likeness (QED) is 0.675. The van der Waals surface area contributed by atoms with E-state index in [1.807, 2.05) is 57.2 Å². The van der Waals surface area contributed by atoms with E-state index in [1.54, 1.807) is 0 Å². The second kappa shape index (κ2) is 7.18. The fraction of sp³-hybridized carbons (Fsp3) is 0.278. The largest absolute Gasteiger partial charge is 0.500 e. The summed E-state index contributed by atoms with van der Waals surface area (Å²) in [6.45, 7) is 6.09. The Morgan fingerprint density at radius 3 is 1.68 bits per heavy atom. The molecule has 1 atom stereocenters. The van der Waals surface area contributed by atoms with Crippen LogP contribution in [-0.2, 0) is 4.43 Å². The number of aliphatic hydroxyl groups excluding tert-OH is 1. The zero-order valence-electron chi connectivity index (χ0n) is 13.2. The van der Waals surface area contributed by atoms with E-state index >= 15 is 0 Å². The lowest BCUT2D eigenvalue weighted by Crippen LogP contribution is -2.51. The number of benzene rings is 2. The molecule has 0 radical (unpaired) electrons. The summed E-state index contributed by atoms with van der Waals surface area (Å²) < 4.78 is 6.40. The minimum atomic E-state index is -1.91. The number of hydrogen-bond acceptors (Lipinski definition) is 2. The fourth-order valence-corrected chi connectivity index (χ4v) is 5.53. The van der Waals surface area contributed by atoms with Gasteiger partial charge >= 0.3 is 0 Å². The van der Waals surface area contributed by atoms with Crippen molar-refractivity contribution in [2.45, 2.75) is 26.9 Å². The molecule has 0 heterocycles. The molecule has 1 unspecified atom stereocenters. The molecule has 0 fully saturated rings. The van der Waals surface area contributed by atoms with E-state index < -0.39 is 15.1 Å². The molecule has 22 heavy (non-hydrogen) atoms. The molecule has 0 aliphatic carbocycles. The number of rotatable bonds is 5. The predicted octanol–water partition coefficient (Wildman–Crippen LogP) is 2.84. The lowest BCUT2D eigenvalue weighted by Gasteiger charge is -2.32. The highest BCUT2D eigenvalue weighted by atomic mass is 32.1. The van der Waals surface area contributed by atoms with Gasteiger partial charge in [-0.05, 0) is 28.0 Å². The molecule has 2 nitrogen and oxygen atoms in total. The minimum absolute atomic E-state index is 0.0723. The lowest BCUT2D eigenvalue weighted by molar-refractivity contribution is 0.135. The zero-order chi connectivity index (χ0) is 16.2. The molecule has 2 aromatic carbocycles. The Balaban J connectivity index is 2.39. The maximum Gasteiger partial charge on any atom is 0.241 e. The number of thiocarbonyl (C=S) groups is 1. The molecule has 116 valence electrons. The van der Waals surface area contributed by atoms with E-state index in [0.717, 1.165) is 0 Å². The maximum atomic E-state index is 9.92. The monoisotopic (exact) mass is 330 g/mol. The Bertz CT molecular complexity index is 568. The highest BCUT2D eigenvalue weighted by Crippen LogP contribution is 2.23. The fourth-order valence-electron chi connectivity index (χ4n) is 2.37. The van der Waals surface area contributed by atoms with Crippen molar-refractivity contribution >= 4 is 36.7 Å². The highest BCUT2D eigenvalue weighted by molar-refractivity contribution is 7.80. The van der Waals surface area contributed by atoms with Crippen LogP contribution in [-0.4, -0.2) is 25.3 Å². The van der Waals surface area contributed by atoms with Crippen LogP contribution in [0, 0.1) is 5.41 Å². The summed E-state index contributed by atoms with van der Waals surface area (Å²) in [5.41, 5.74) is -0.249. The van der Waals surface area contributed by atoms with Gasteiger partial charge in [0.05, 0.1) is 0 Å². The van der Waals surface area contributed by atoms with Crippen molar-refractivity contribution in [1.82, 2.24) is 0 Å². The van der Waals surface area contributed by atoms with Gasteiger partial charge in [0.15, 0.2) is 5.05 Å². The van der Waals surface area contributed by atoms with E-state index in [1.165, 1.54) is 10.4 Å². The summed E-state index contributed by atoms with van der Waals surface area (Å²) in [5, 5.41) is 12.2. The first-order valence-corrected chi connectivity index (χ1v) is 9.41. The Morgan fingerprint density at radius 2 is 1.36 bits per heavy atom. The normalized spacial score (nSPS) is 13.1. The Labute approximate surface area is 139 Å². The summed E-state index contributed by atoms with van der Waals surface area (Å²) in [7, 11) is -1.91. The van der Waals surface area contributed by atoms with Crippen LogP contribution < -0.4 is 10.4 Å². The van der Waals surface area contributed by atoms with Crippen LogP contribution in [0.4, 0.5) is 0 Å². The third-order valence-electron chi connectivity index (χ3n) is 3.49. The molecular weight excluding hydrogens is 308 g/mol. The van der Waals surface area contributed by atoms with Crippen LogP contribution in [0.15, 0.2) is 60.7 Å². The second-order valence-electron chi connectivity index (χ2n) is 6.42. The van der Waals surface area contributed by atoms with E-state index in [9.17, 15) is 5.11 Å². The third kappa shape index (κ3) is 4.26. The Morgan fingerprint density at radius 1 is 0.955 bits per heavy atom. The molecule has 0 bridgehead atoms. The molecule has 1 N–H and O–H groups in total. The SMILES string of the molecule is CC(C)(C)C(O[SiH](c1ccccc1)c1ccccc1)C(O)=S. The molecular formula is C18H22O2SSi. The van der Waals surface area contributed by atoms with Gasteiger partial charge in [0.25, 0.3) is 0 Å². The van der Waals surface area contributed by atoms with Gasteiger partial charge in [-0.3, -0.25) is 0 Å². The summed E-state index contributed by atoms with van der Waals surface area (Å²) in [5.74, 6) is 0. The summed E-state index contributed by atoms with van der Waals surface area (Å²) in [6.07, 6.45) is -0.459. The van der Waals surface area contributed by atoms with Crippen LogP contribution in [0.2, 0.25) is 0 Å². The zero-order valence-corrected chi connectivity index (χ0v) is 15.2. The van der Waals surface area contributed by atoms with Crippen LogP contribution in [0.1, 0.15) is 20.8 Å². The average molecular weight is 331 g/mol. The van der Waals surface area contributed by atoms with Crippen LogP contribution in [0.5, 0.6) is 0 Å². The van der Waals surface area contributed by atoms with Crippen molar-refractivity contribution in [1.29, 1.82) is 0 Å². The smallest absolute Gasteiger partial charge is 0.241 e. The van der Waals surface area contributed by atoms with Crippen molar-refractivity contribution in [2.75, 3.05) is 0 Å². The molecule has 0 aromatic heterocycles. The maximum absolute atomic E-state index is 9.92. The van der Waals surface area contributed by atoms with E-state index in [0.29, 0.717) is 0 Å². The first-order chi connectivity index (χ1) is 10.4. The van der Waals surface area contributed by atoms with Crippen LogP contribution in [0.25, 0.3) is 0 Å². The lowest BCUT2D eigenvalue weighted by atomic mass is 9.90. The van der Waals surface area contributed by atoms with Crippen molar-refractivity contribution in [3.8, 4) is 0 Å². The molecule has 0 spiro atoms. The number of hydrogen-bond donors (Lipinski definition) is 1. The first kappa shape index (κ1) is 16.9. The Kier molecular flexibility index (Phi) is 5.50. The summed E-state index contributed by atoms with van der Waals surface area (Å²) in [6, 6.07) is 20.4. The molecule has 0 aliphatic rings. The van der Waals surface area contributed by atoms with Gasteiger partial charge in [-0.25, -0.2) is 0 Å². The van der Waals surface area contributed by atoms with E-state index in [-0.39, 0.29) is 10.5 Å². The van der Waals surface area contributed by atoms with Gasteiger partial charge in [0.2, 0.25) is 9.04 Å². The van der Waals surface area contributed by atoms with E-state index in [4.69, 9.17) is 16.6 Å². The summed E-state index contributed by atoms with van der Waals surface area (Å²) in [4.78, 5) is 0. The van der Waals surface area contributed by atoms with Gasteiger partial charge in [0, 0.05) is 0 Å². The van der Waals surface area contributed by atoms with Crippen molar-refractivity contribution in [3.63, 3.8) is 0 Å². The standard InChI is InChI=1S/C18H22O2SSi/c1-18(2,3)16(17(19)21)20-22(14-10-6-4-7-11-14)15-12-8-5-9-13-15/h4-13,16,22H,1-3H3,(H,19,21). The topological polar surface area (TPSA) is 29.5 Å². The van der Waals surface area contributed by atoms with Gasteiger partial charge in [-0.2, -0.15) is 0 Å². The first-order valence-electron chi connectivity index (χ1n) is 7.38. The molecule has 2 aromatic rings. The molecule has 0 saturated heterocycles. The predicted molar refractivity (Wildman–Crippen MR) is 98.9 cm³/mol. The highest BCUT2D eigenvalue weighted by Gasteiger charge is 2.33. The minimum Gasteiger partial charge on any atom is -0.500 e. The van der Waals surface area contributed by atoms with Crippen LogP contribution >= 0.6 is 12.2 Å². The molecule has 2 rings (SSSR count). The molecule has 0 aliphatic heterocycles. The van der Waals surface area contributed by atoms with Gasteiger partial charge in [-0.15, -0.1) is 0 Å². The van der Waals surface area contributed by atoms with Crippen molar-refractivity contribution in [2.24, 2.45) is 5.41 Å². The summed E-state index contributed by atoms with van der Waals surface area (Å²) >= 11 is 5.04. The second-order valence-corrected chi connectivity index (χ2v) is 9.21. The third-order valence-corrected chi connectivity index (χ3v) is 6.23. The molecule has 0 amide bonds. The number of aliphatic hydroxyl groups is 1. The average Bonchev–Trinajstić information content (AvgIpc) is 2.48. The molecule has 0 saturated carbocycles. The van der Waals surface area contributed by atoms with Crippen molar-refractivity contribution in [3.05, 3.63) is 60.7 Å². The van der Waals surface area contributed by atoms with E-state index in [2.05, 4.69) is 24.3 Å².